The quantitative estimate of drug-likeness (QED) is 0.589. The zero-order valence-electron chi connectivity index (χ0n) is 10.7. The van der Waals surface area contributed by atoms with Gasteiger partial charge in [0, 0.05) is 17.8 Å². The van der Waals surface area contributed by atoms with Crippen molar-refractivity contribution in [1.29, 1.82) is 0 Å². The summed E-state index contributed by atoms with van der Waals surface area (Å²) in [5, 5.41) is 0. The summed E-state index contributed by atoms with van der Waals surface area (Å²) in [5.41, 5.74) is 0.592. The van der Waals surface area contributed by atoms with Crippen LogP contribution in [0.25, 0.3) is 0 Å². The van der Waals surface area contributed by atoms with Crippen LogP contribution in [-0.2, 0) is 0 Å². The zero-order chi connectivity index (χ0) is 13.5. The maximum atomic E-state index is 11.2. The van der Waals surface area contributed by atoms with Gasteiger partial charge in [0.2, 0.25) is 5.88 Å². The van der Waals surface area contributed by atoms with Crippen molar-refractivity contribution in [2.75, 3.05) is 13.2 Å². The van der Waals surface area contributed by atoms with Gasteiger partial charge in [-0.25, -0.2) is 4.98 Å². The molecule has 0 aliphatic carbocycles. The number of nitrogens with zero attached hydrogens (tertiary/aromatic N) is 1. The Hall–Kier alpha value is -2.36. The van der Waals surface area contributed by atoms with Crippen LogP contribution >= 0.6 is 0 Å². The van der Waals surface area contributed by atoms with Gasteiger partial charge in [0.25, 0.3) is 0 Å². The molecule has 4 nitrogen and oxygen atoms in total. The van der Waals surface area contributed by atoms with E-state index in [-0.39, 0.29) is 5.78 Å². The number of hydrogen-bond acceptors (Lipinski definition) is 4. The summed E-state index contributed by atoms with van der Waals surface area (Å²) in [7, 11) is 0. The van der Waals surface area contributed by atoms with Crippen LogP contribution in [0.1, 0.15) is 17.3 Å². The van der Waals surface area contributed by atoms with Crippen molar-refractivity contribution >= 4 is 5.78 Å². The minimum atomic E-state index is -0.00668. The summed E-state index contributed by atoms with van der Waals surface area (Å²) in [6.07, 6.45) is 1.56. The van der Waals surface area contributed by atoms with Crippen molar-refractivity contribution in [2.45, 2.75) is 6.92 Å². The Kier molecular flexibility index (Phi) is 4.50. The van der Waals surface area contributed by atoms with Gasteiger partial charge in [-0.2, -0.15) is 0 Å². The number of rotatable bonds is 6. The van der Waals surface area contributed by atoms with E-state index < -0.39 is 0 Å². The molecule has 0 saturated carbocycles. The first-order valence-corrected chi connectivity index (χ1v) is 6.03. The first-order chi connectivity index (χ1) is 9.25. The van der Waals surface area contributed by atoms with Crippen LogP contribution in [0, 0.1) is 0 Å². The average molecular weight is 257 g/mol. The summed E-state index contributed by atoms with van der Waals surface area (Å²) >= 11 is 0. The fourth-order valence-electron chi connectivity index (χ4n) is 1.53. The Morgan fingerprint density at radius 1 is 1.11 bits per heavy atom. The number of carbonyl (C=O) groups excluding carboxylic acids is 1. The second kappa shape index (κ2) is 6.54. The van der Waals surface area contributed by atoms with Crippen molar-refractivity contribution in [3.8, 4) is 11.6 Å². The molecule has 0 radical (unpaired) electrons. The van der Waals surface area contributed by atoms with Crippen LogP contribution in [0.2, 0.25) is 0 Å². The number of benzene rings is 1. The molecule has 4 heteroatoms. The van der Waals surface area contributed by atoms with Crippen molar-refractivity contribution in [3.05, 3.63) is 54.2 Å². The minimum absolute atomic E-state index is 0.00668. The van der Waals surface area contributed by atoms with Gasteiger partial charge < -0.3 is 9.47 Å². The van der Waals surface area contributed by atoms with Crippen LogP contribution < -0.4 is 9.47 Å². The van der Waals surface area contributed by atoms with E-state index in [9.17, 15) is 4.79 Å². The van der Waals surface area contributed by atoms with E-state index in [0.29, 0.717) is 24.7 Å². The molecule has 0 atom stereocenters. The molecular weight excluding hydrogens is 242 g/mol. The van der Waals surface area contributed by atoms with Crippen molar-refractivity contribution in [2.24, 2.45) is 0 Å². The van der Waals surface area contributed by atoms with E-state index in [4.69, 9.17) is 9.47 Å². The summed E-state index contributed by atoms with van der Waals surface area (Å²) in [5.74, 6) is 1.23. The van der Waals surface area contributed by atoms with Crippen LogP contribution in [-0.4, -0.2) is 24.0 Å². The lowest BCUT2D eigenvalue weighted by Gasteiger charge is -2.08. The number of Topliss-reactive ketones (excluding diaryl/α,β-unsaturated/α-hetero) is 1. The third-order valence-corrected chi connectivity index (χ3v) is 2.49. The molecule has 0 saturated heterocycles. The molecule has 1 aromatic heterocycles. The van der Waals surface area contributed by atoms with Gasteiger partial charge in [-0.05, 0) is 25.1 Å². The fraction of sp³-hybridized carbons (Fsp3) is 0.200. The molecule has 1 aromatic carbocycles. The summed E-state index contributed by atoms with van der Waals surface area (Å²) < 4.78 is 10.9. The van der Waals surface area contributed by atoms with Gasteiger partial charge in [-0.3, -0.25) is 4.79 Å². The van der Waals surface area contributed by atoms with Gasteiger partial charge >= 0.3 is 0 Å². The molecule has 0 N–H and O–H groups in total. The number of ketones is 1. The summed E-state index contributed by atoms with van der Waals surface area (Å²) in [4.78, 5) is 15.2. The Bertz CT molecular complexity index is 540. The Morgan fingerprint density at radius 2 is 1.84 bits per heavy atom. The molecule has 0 spiro atoms. The summed E-state index contributed by atoms with van der Waals surface area (Å²) in [6.45, 7) is 2.32. The Balaban J connectivity index is 1.80. The molecule has 0 unspecified atom stereocenters. The molecule has 0 aliphatic heterocycles. The molecule has 1 heterocycles. The minimum Gasteiger partial charge on any atom is -0.490 e. The molecule has 2 aromatic rings. The van der Waals surface area contributed by atoms with Gasteiger partial charge in [0.15, 0.2) is 5.78 Å². The number of para-hydroxylation sites is 1. The Morgan fingerprint density at radius 3 is 2.58 bits per heavy atom. The van der Waals surface area contributed by atoms with Gasteiger partial charge in [-0.15, -0.1) is 0 Å². The fourth-order valence-corrected chi connectivity index (χ4v) is 1.53. The van der Waals surface area contributed by atoms with E-state index in [2.05, 4.69) is 4.98 Å². The molecule has 19 heavy (non-hydrogen) atoms. The van der Waals surface area contributed by atoms with Gasteiger partial charge in [-0.1, -0.05) is 18.2 Å². The van der Waals surface area contributed by atoms with E-state index in [0.717, 1.165) is 5.75 Å². The van der Waals surface area contributed by atoms with E-state index in [1.165, 1.54) is 6.92 Å². The van der Waals surface area contributed by atoms with Crippen molar-refractivity contribution in [1.82, 2.24) is 4.98 Å². The molecule has 0 aliphatic rings. The predicted molar refractivity (Wildman–Crippen MR) is 71.7 cm³/mol. The lowest BCUT2D eigenvalue weighted by atomic mass is 10.2. The van der Waals surface area contributed by atoms with E-state index in [1.807, 2.05) is 30.3 Å². The normalized spacial score (nSPS) is 9.95. The van der Waals surface area contributed by atoms with Crippen LogP contribution in [0.3, 0.4) is 0 Å². The highest BCUT2D eigenvalue weighted by atomic mass is 16.5. The molecule has 2 rings (SSSR count). The highest BCUT2D eigenvalue weighted by Crippen LogP contribution is 2.11. The van der Waals surface area contributed by atoms with Gasteiger partial charge in [0.1, 0.15) is 19.0 Å². The smallest absolute Gasteiger partial charge is 0.214 e. The monoisotopic (exact) mass is 257 g/mol. The highest BCUT2D eigenvalue weighted by Gasteiger charge is 2.02. The topological polar surface area (TPSA) is 48.4 Å². The van der Waals surface area contributed by atoms with Crippen LogP contribution in [0.4, 0.5) is 0 Å². The predicted octanol–water partition coefficient (Wildman–Crippen LogP) is 2.74. The van der Waals surface area contributed by atoms with Gasteiger partial charge in [0.05, 0.1) is 0 Å². The number of aromatic nitrogens is 1. The standard InChI is InChI=1S/C15H15NO3/c1-12(17)13-7-8-16-15(11-13)19-10-9-18-14-5-3-2-4-6-14/h2-8,11H,9-10H2,1H3. The third kappa shape index (κ3) is 4.10. The Labute approximate surface area is 112 Å². The average Bonchev–Trinajstić information content (AvgIpc) is 2.45. The number of ether oxygens (including phenoxy) is 2. The van der Waals surface area contributed by atoms with Crippen molar-refractivity contribution < 1.29 is 14.3 Å². The van der Waals surface area contributed by atoms with E-state index >= 15 is 0 Å². The second-order valence-corrected chi connectivity index (χ2v) is 3.95. The molecular formula is C15H15NO3. The maximum Gasteiger partial charge on any atom is 0.214 e. The van der Waals surface area contributed by atoms with E-state index in [1.54, 1.807) is 18.3 Å². The largest absolute Gasteiger partial charge is 0.490 e. The highest BCUT2D eigenvalue weighted by molar-refractivity contribution is 5.94. The maximum absolute atomic E-state index is 11.2. The van der Waals surface area contributed by atoms with Crippen molar-refractivity contribution in [3.63, 3.8) is 0 Å². The number of pyridine rings is 1. The third-order valence-electron chi connectivity index (χ3n) is 2.49. The van der Waals surface area contributed by atoms with Crippen LogP contribution in [0.15, 0.2) is 48.7 Å². The molecule has 98 valence electrons. The molecule has 0 fully saturated rings. The lowest BCUT2D eigenvalue weighted by molar-refractivity contribution is 0.101. The SMILES string of the molecule is CC(=O)c1ccnc(OCCOc2ccccc2)c1. The zero-order valence-corrected chi connectivity index (χ0v) is 10.7. The number of hydrogen-bond donors (Lipinski definition) is 0. The first kappa shape index (κ1) is 13.1. The second-order valence-electron chi connectivity index (χ2n) is 3.95. The molecule has 0 bridgehead atoms. The number of carbonyl (C=O) groups is 1. The summed E-state index contributed by atoms with van der Waals surface area (Å²) in [6, 6.07) is 12.8. The van der Waals surface area contributed by atoms with Crippen LogP contribution in [0.5, 0.6) is 11.6 Å². The first-order valence-electron chi connectivity index (χ1n) is 6.03. The lowest BCUT2D eigenvalue weighted by Crippen LogP contribution is -2.10. The molecule has 0 amide bonds.